The zero-order valence-corrected chi connectivity index (χ0v) is 24.5. The SMILES string of the molecule is CC.CC(C)(C)OC=O.COCCc1ccc(OCC(CN(C)C(C)C)OC(=O)c2ccccc2O)cc1. The number of carbonyl (C=O) groups is 2. The van der Waals surface area contributed by atoms with Gasteiger partial charge in [-0.1, -0.05) is 38.1 Å². The number of carbonyl (C=O) groups excluding carboxylic acids is 2. The summed E-state index contributed by atoms with van der Waals surface area (Å²) in [6.45, 7) is 15.5. The van der Waals surface area contributed by atoms with Gasteiger partial charge in [0.15, 0.2) is 0 Å². The number of aromatic hydroxyl groups is 1. The third-order valence-electron chi connectivity index (χ3n) is 5.13. The van der Waals surface area contributed by atoms with E-state index >= 15 is 0 Å². The quantitative estimate of drug-likeness (QED) is 0.282. The van der Waals surface area contributed by atoms with Gasteiger partial charge in [0.05, 0.1) is 6.61 Å². The fourth-order valence-electron chi connectivity index (χ4n) is 2.82. The molecule has 2 rings (SSSR count). The van der Waals surface area contributed by atoms with Crippen LogP contribution in [0.25, 0.3) is 0 Å². The Morgan fingerprint density at radius 1 is 1.05 bits per heavy atom. The third kappa shape index (κ3) is 15.2. The lowest BCUT2D eigenvalue weighted by atomic mass is 10.1. The number of phenolic OH excluding ortho intramolecular Hbond substituents is 1. The molecule has 0 fully saturated rings. The molecule has 8 heteroatoms. The molecule has 2 aromatic rings. The van der Waals surface area contributed by atoms with Crippen LogP contribution in [0.4, 0.5) is 0 Å². The van der Waals surface area contributed by atoms with E-state index in [1.165, 1.54) is 11.6 Å². The minimum absolute atomic E-state index is 0.0963. The molecule has 0 aliphatic rings. The maximum atomic E-state index is 12.5. The Morgan fingerprint density at radius 3 is 2.13 bits per heavy atom. The summed E-state index contributed by atoms with van der Waals surface area (Å²) >= 11 is 0. The van der Waals surface area contributed by atoms with Crippen molar-refractivity contribution >= 4 is 12.4 Å². The Labute approximate surface area is 228 Å². The molecule has 214 valence electrons. The lowest BCUT2D eigenvalue weighted by molar-refractivity contribution is -0.138. The second kappa shape index (κ2) is 19.0. The van der Waals surface area contributed by atoms with E-state index in [2.05, 4.69) is 23.5 Å². The molecule has 38 heavy (non-hydrogen) atoms. The monoisotopic (exact) mass is 533 g/mol. The molecule has 1 N–H and O–H groups in total. The Bertz CT molecular complexity index is 908. The minimum atomic E-state index is -0.566. The number of methoxy groups -OCH3 is 1. The standard InChI is InChI=1S/C23H31NO5.C5H10O2.C2H6/c1-17(2)24(3)15-20(29-23(26)21-7-5-6-8-22(21)25)16-28-19-11-9-18(10-12-19)13-14-27-4;1-5(2,3)7-4-6;1-2/h5-12,17,20,25H,13-16H2,1-4H3;4H,1-3H3;1-2H3. The van der Waals surface area contributed by atoms with Crippen molar-refractivity contribution < 1.29 is 33.6 Å². The number of benzene rings is 2. The Balaban J connectivity index is 0.00000132. The molecule has 0 aliphatic carbocycles. The van der Waals surface area contributed by atoms with Crippen LogP contribution in [0.3, 0.4) is 0 Å². The molecule has 0 bridgehead atoms. The molecule has 1 atom stereocenters. The normalized spacial score (nSPS) is 11.4. The molecule has 0 saturated heterocycles. The zero-order valence-electron chi connectivity index (χ0n) is 24.5. The Kier molecular flexibility index (Phi) is 17.5. The van der Waals surface area contributed by atoms with Gasteiger partial charge in [-0.25, -0.2) is 4.79 Å². The summed E-state index contributed by atoms with van der Waals surface area (Å²) < 4.78 is 21.2. The Hall–Kier alpha value is -3.10. The molecule has 0 heterocycles. The summed E-state index contributed by atoms with van der Waals surface area (Å²) in [5, 5.41) is 9.91. The molecular formula is C30H47NO7. The first kappa shape index (κ1) is 34.9. The topological polar surface area (TPSA) is 94.5 Å². The Morgan fingerprint density at radius 2 is 1.66 bits per heavy atom. The molecule has 0 aromatic heterocycles. The molecule has 0 spiro atoms. The number of hydrogen-bond donors (Lipinski definition) is 1. The van der Waals surface area contributed by atoms with Gasteiger partial charge < -0.3 is 29.0 Å². The van der Waals surface area contributed by atoms with Crippen molar-refractivity contribution in [3.63, 3.8) is 0 Å². The van der Waals surface area contributed by atoms with Gasteiger partial charge in [0.1, 0.15) is 35.4 Å². The maximum absolute atomic E-state index is 12.5. The van der Waals surface area contributed by atoms with Gasteiger partial charge in [-0.05, 0) is 77.9 Å². The molecular weight excluding hydrogens is 486 g/mol. The number of likely N-dealkylation sites (N-methyl/N-ethyl adjacent to an activating group) is 1. The second-order valence-electron chi connectivity index (χ2n) is 9.60. The molecule has 8 nitrogen and oxygen atoms in total. The highest BCUT2D eigenvalue weighted by Gasteiger charge is 2.21. The van der Waals surface area contributed by atoms with E-state index in [1.807, 2.05) is 65.9 Å². The number of rotatable bonds is 12. The predicted octanol–water partition coefficient (Wildman–Crippen LogP) is 5.51. The summed E-state index contributed by atoms with van der Waals surface area (Å²) in [4.78, 5) is 24.2. The van der Waals surface area contributed by atoms with Crippen LogP contribution in [0.5, 0.6) is 11.5 Å². The number of ether oxygens (including phenoxy) is 4. The van der Waals surface area contributed by atoms with Crippen molar-refractivity contribution in [3.8, 4) is 11.5 Å². The molecule has 2 aromatic carbocycles. The van der Waals surface area contributed by atoms with E-state index in [-0.39, 0.29) is 23.5 Å². The van der Waals surface area contributed by atoms with E-state index in [0.717, 1.165) is 6.42 Å². The molecule has 0 saturated carbocycles. The van der Waals surface area contributed by atoms with Crippen LogP contribution < -0.4 is 4.74 Å². The van der Waals surface area contributed by atoms with Crippen molar-refractivity contribution in [2.24, 2.45) is 0 Å². The second-order valence-corrected chi connectivity index (χ2v) is 9.60. The van der Waals surface area contributed by atoms with Gasteiger partial charge in [0.2, 0.25) is 0 Å². The predicted molar refractivity (Wildman–Crippen MR) is 151 cm³/mol. The summed E-state index contributed by atoms with van der Waals surface area (Å²) in [7, 11) is 3.65. The van der Waals surface area contributed by atoms with Gasteiger partial charge in [0, 0.05) is 19.7 Å². The lowest BCUT2D eigenvalue weighted by Crippen LogP contribution is -2.39. The fourth-order valence-corrected chi connectivity index (χ4v) is 2.82. The van der Waals surface area contributed by atoms with Crippen LogP contribution in [0.1, 0.15) is 64.4 Å². The van der Waals surface area contributed by atoms with Gasteiger partial charge in [-0.15, -0.1) is 0 Å². The van der Waals surface area contributed by atoms with Crippen LogP contribution in [0, 0.1) is 0 Å². The van der Waals surface area contributed by atoms with Crippen LogP contribution in [0.15, 0.2) is 48.5 Å². The average molecular weight is 534 g/mol. The first-order valence-electron chi connectivity index (χ1n) is 13.0. The van der Waals surface area contributed by atoms with Crippen LogP contribution in [0.2, 0.25) is 0 Å². The van der Waals surface area contributed by atoms with Crippen molar-refractivity contribution in [2.75, 3.05) is 33.9 Å². The summed E-state index contributed by atoms with van der Waals surface area (Å²) in [6.07, 6.45) is 0.360. The summed E-state index contributed by atoms with van der Waals surface area (Å²) in [5.41, 5.74) is 0.996. The van der Waals surface area contributed by atoms with Crippen LogP contribution >= 0.6 is 0 Å². The van der Waals surface area contributed by atoms with Gasteiger partial charge in [-0.3, -0.25) is 4.79 Å². The lowest BCUT2D eigenvalue weighted by Gasteiger charge is -2.27. The van der Waals surface area contributed by atoms with Crippen molar-refractivity contribution in [1.82, 2.24) is 4.90 Å². The largest absolute Gasteiger partial charge is 0.507 e. The minimum Gasteiger partial charge on any atom is -0.507 e. The van der Waals surface area contributed by atoms with Crippen molar-refractivity contribution in [3.05, 3.63) is 59.7 Å². The van der Waals surface area contributed by atoms with E-state index in [4.69, 9.17) is 14.2 Å². The average Bonchev–Trinajstić information content (AvgIpc) is 2.87. The summed E-state index contributed by atoms with van der Waals surface area (Å²) in [5.74, 6) is 0.0479. The van der Waals surface area contributed by atoms with E-state index in [9.17, 15) is 14.7 Å². The zero-order chi connectivity index (χ0) is 29.1. The number of nitrogens with zero attached hydrogens (tertiary/aromatic N) is 1. The van der Waals surface area contributed by atoms with E-state index in [0.29, 0.717) is 31.4 Å². The van der Waals surface area contributed by atoms with E-state index < -0.39 is 12.1 Å². The highest BCUT2D eigenvalue weighted by atomic mass is 16.6. The first-order valence-corrected chi connectivity index (χ1v) is 13.0. The van der Waals surface area contributed by atoms with Gasteiger partial charge in [0.25, 0.3) is 6.47 Å². The number of esters is 1. The number of hydrogen-bond acceptors (Lipinski definition) is 8. The maximum Gasteiger partial charge on any atom is 0.342 e. The van der Waals surface area contributed by atoms with Crippen molar-refractivity contribution in [1.29, 1.82) is 0 Å². The number of phenols is 1. The van der Waals surface area contributed by atoms with E-state index in [1.54, 1.807) is 25.3 Å². The molecule has 0 radical (unpaired) electrons. The first-order chi connectivity index (χ1) is 18.0. The smallest absolute Gasteiger partial charge is 0.342 e. The molecule has 1 unspecified atom stereocenters. The number of para-hydroxylation sites is 1. The molecule has 0 amide bonds. The van der Waals surface area contributed by atoms with Crippen LogP contribution in [-0.4, -0.2) is 74.1 Å². The summed E-state index contributed by atoms with van der Waals surface area (Å²) in [6, 6.07) is 14.4. The highest BCUT2D eigenvalue weighted by Crippen LogP contribution is 2.19. The van der Waals surface area contributed by atoms with Crippen LogP contribution in [-0.2, 0) is 25.4 Å². The third-order valence-corrected chi connectivity index (χ3v) is 5.13. The van der Waals surface area contributed by atoms with Crippen molar-refractivity contribution in [2.45, 2.75) is 72.6 Å². The molecule has 0 aliphatic heterocycles. The fraction of sp³-hybridized carbons (Fsp3) is 0.533. The van der Waals surface area contributed by atoms with Gasteiger partial charge >= 0.3 is 5.97 Å². The van der Waals surface area contributed by atoms with Gasteiger partial charge in [-0.2, -0.15) is 0 Å². The highest BCUT2D eigenvalue weighted by molar-refractivity contribution is 5.92.